The molecule has 0 aliphatic heterocycles. The average Bonchev–Trinajstić information content (AvgIpc) is 3.10. The van der Waals surface area contributed by atoms with Crippen molar-refractivity contribution in [3.05, 3.63) is 82.9 Å². The first-order valence-corrected chi connectivity index (χ1v) is 9.55. The number of esters is 1. The molecule has 4 aromatic rings. The van der Waals surface area contributed by atoms with E-state index in [1.807, 2.05) is 28.8 Å². The van der Waals surface area contributed by atoms with E-state index in [0.29, 0.717) is 23.0 Å². The Kier molecular flexibility index (Phi) is 5.42. The van der Waals surface area contributed by atoms with Gasteiger partial charge in [0, 0.05) is 11.1 Å². The molecule has 7 heteroatoms. The van der Waals surface area contributed by atoms with Crippen LogP contribution in [-0.2, 0) is 11.3 Å². The monoisotopic (exact) mass is 424 g/mol. The van der Waals surface area contributed by atoms with Crippen molar-refractivity contribution in [1.29, 1.82) is 0 Å². The van der Waals surface area contributed by atoms with Crippen LogP contribution in [0.3, 0.4) is 0 Å². The highest BCUT2D eigenvalue weighted by molar-refractivity contribution is 6.32. The summed E-state index contributed by atoms with van der Waals surface area (Å²) < 4.78 is 25.6. The molecule has 0 saturated heterocycles. The van der Waals surface area contributed by atoms with Crippen molar-refractivity contribution in [3.8, 4) is 17.0 Å². The van der Waals surface area contributed by atoms with Crippen molar-refractivity contribution in [1.82, 2.24) is 9.55 Å². The predicted molar refractivity (Wildman–Crippen MR) is 114 cm³/mol. The molecule has 0 saturated carbocycles. The molecule has 0 amide bonds. The molecule has 0 atom stereocenters. The van der Waals surface area contributed by atoms with Gasteiger partial charge in [0.1, 0.15) is 17.3 Å². The van der Waals surface area contributed by atoms with E-state index in [0.717, 1.165) is 22.2 Å². The van der Waals surface area contributed by atoms with Crippen LogP contribution in [0, 0.1) is 5.82 Å². The van der Waals surface area contributed by atoms with Crippen molar-refractivity contribution >= 4 is 28.5 Å². The zero-order valence-corrected chi connectivity index (χ0v) is 17.1. The lowest BCUT2D eigenvalue weighted by atomic mass is 10.1. The Labute approximate surface area is 177 Å². The number of rotatable bonds is 5. The minimum atomic E-state index is -0.499. The summed E-state index contributed by atoms with van der Waals surface area (Å²) in [4.78, 5) is 16.3. The molecular weight excluding hydrogens is 407 g/mol. The Morgan fingerprint density at radius 3 is 2.57 bits per heavy atom. The highest BCUT2D eigenvalue weighted by Gasteiger charge is 2.16. The van der Waals surface area contributed by atoms with Gasteiger partial charge in [0.05, 0.1) is 37.0 Å². The van der Waals surface area contributed by atoms with E-state index in [-0.39, 0.29) is 11.5 Å². The fraction of sp³-hybridized carbons (Fsp3) is 0.130. The maximum Gasteiger partial charge on any atom is 0.356 e. The molecule has 2 aromatic heterocycles. The van der Waals surface area contributed by atoms with E-state index in [1.54, 1.807) is 31.4 Å². The second kappa shape index (κ2) is 8.16. The van der Waals surface area contributed by atoms with Crippen molar-refractivity contribution in [3.63, 3.8) is 0 Å². The Morgan fingerprint density at radius 2 is 1.87 bits per heavy atom. The molecule has 0 unspecified atom stereocenters. The minimum Gasteiger partial charge on any atom is -0.495 e. The van der Waals surface area contributed by atoms with Crippen LogP contribution >= 0.6 is 11.6 Å². The smallest absolute Gasteiger partial charge is 0.356 e. The van der Waals surface area contributed by atoms with Gasteiger partial charge in [-0.25, -0.2) is 14.2 Å². The number of nitrogens with zero attached hydrogens (tertiary/aromatic N) is 2. The number of benzene rings is 2. The van der Waals surface area contributed by atoms with Crippen LogP contribution in [0.5, 0.6) is 5.75 Å². The van der Waals surface area contributed by atoms with Gasteiger partial charge in [0.25, 0.3) is 0 Å². The fourth-order valence-electron chi connectivity index (χ4n) is 3.40. The van der Waals surface area contributed by atoms with Gasteiger partial charge < -0.3 is 14.0 Å². The Hall–Kier alpha value is -3.38. The number of fused-ring (bicyclic) bond motifs is 1. The summed E-state index contributed by atoms with van der Waals surface area (Å²) in [6.07, 6.45) is 0. The number of hydrogen-bond donors (Lipinski definition) is 0. The molecule has 4 rings (SSSR count). The van der Waals surface area contributed by atoms with Gasteiger partial charge in [-0.3, -0.25) is 0 Å². The highest BCUT2D eigenvalue weighted by atomic mass is 35.5. The highest BCUT2D eigenvalue weighted by Crippen LogP contribution is 2.35. The molecule has 0 fully saturated rings. The number of carbonyl (C=O) groups excluding carboxylic acids is 1. The lowest BCUT2D eigenvalue weighted by Crippen LogP contribution is -2.09. The lowest BCUT2D eigenvalue weighted by molar-refractivity contribution is 0.0593. The van der Waals surface area contributed by atoms with Crippen molar-refractivity contribution < 1.29 is 18.7 Å². The zero-order valence-electron chi connectivity index (χ0n) is 16.4. The molecule has 0 N–H and O–H groups in total. The zero-order chi connectivity index (χ0) is 21.3. The maximum absolute atomic E-state index is 13.5. The summed E-state index contributed by atoms with van der Waals surface area (Å²) in [5.74, 6) is -0.239. The normalized spacial score (nSPS) is 10.9. The van der Waals surface area contributed by atoms with E-state index in [9.17, 15) is 9.18 Å². The number of aromatic nitrogens is 2. The van der Waals surface area contributed by atoms with E-state index in [2.05, 4.69) is 4.98 Å². The van der Waals surface area contributed by atoms with Crippen LogP contribution < -0.4 is 4.74 Å². The van der Waals surface area contributed by atoms with E-state index in [1.165, 1.54) is 19.2 Å². The second-order valence-electron chi connectivity index (χ2n) is 6.67. The number of ether oxygens (including phenoxy) is 2. The van der Waals surface area contributed by atoms with Gasteiger partial charge in [-0.15, -0.1) is 0 Å². The average molecular weight is 425 g/mol. The second-order valence-corrected chi connectivity index (χ2v) is 7.08. The number of methoxy groups -OCH3 is 2. The first-order chi connectivity index (χ1) is 14.5. The molecule has 0 aliphatic rings. The largest absolute Gasteiger partial charge is 0.495 e. The number of carbonyl (C=O) groups is 1. The number of pyridine rings is 1. The summed E-state index contributed by atoms with van der Waals surface area (Å²) >= 11 is 6.38. The third-order valence-electron chi connectivity index (χ3n) is 4.84. The van der Waals surface area contributed by atoms with Gasteiger partial charge in [-0.2, -0.15) is 0 Å². The van der Waals surface area contributed by atoms with Crippen LogP contribution in [-0.4, -0.2) is 29.7 Å². The summed E-state index contributed by atoms with van der Waals surface area (Å²) in [6.45, 7) is 0.379. The Balaban J connectivity index is 1.88. The van der Waals surface area contributed by atoms with Crippen LogP contribution in [0.15, 0.2) is 60.7 Å². The van der Waals surface area contributed by atoms with E-state index < -0.39 is 5.97 Å². The standard InChI is InChI=1S/C23H18ClFN2O3/c1-29-22-11-15-10-20(14-6-8-16(25)9-7-14)27(21(15)12-18(22)24)13-17-4-3-5-19(26-17)23(28)30-2/h3-12H,13H2,1-2H3. The summed E-state index contributed by atoms with van der Waals surface area (Å²) in [6, 6.07) is 17.1. The van der Waals surface area contributed by atoms with Crippen molar-refractivity contribution in [2.45, 2.75) is 6.54 Å². The summed E-state index contributed by atoms with van der Waals surface area (Å²) in [5, 5.41) is 1.39. The molecular formula is C23H18ClFN2O3. The van der Waals surface area contributed by atoms with Crippen LogP contribution in [0.1, 0.15) is 16.2 Å². The van der Waals surface area contributed by atoms with Gasteiger partial charge in [-0.1, -0.05) is 17.7 Å². The van der Waals surface area contributed by atoms with Gasteiger partial charge in [0.15, 0.2) is 0 Å². The van der Waals surface area contributed by atoms with Crippen LogP contribution in [0.4, 0.5) is 4.39 Å². The Morgan fingerprint density at radius 1 is 1.10 bits per heavy atom. The van der Waals surface area contributed by atoms with Crippen LogP contribution in [0.25, 0.3) is 22.2 Å². The number of halogens is 2. The summed E-state index contributed by atoms with van der Waals surface area (Å²) in [5.41, 5.74) is 3.47. The molecule has 0 aliphatic carbocycles. The predicted octanol–water partition coefficient (Wildman–Crippen LogP) is 5.34. The van der Waals surface area contributed by atoms with Crippen molar-refractivity contribution in [2.75, 3.05) is 14.2 Å². The fourth-order valence-corrected chi connectivity index (χ4v) is 3.63. The van der Waals surface area contributed by atoms with Gasteiger partial charge in [-0.05, 0) is 60.2 Å². The topological polar surface area (TPSA) is 53.4 Å². The lowest BCUT2D eigenvalue weighted by Gasteiger charge is -2.12. The molecule has 30 heavy (non-hydrogen) atoms. The molecule has 2 heterocycles. The quantitative estimate of drug-likeness (QED) is 0.406. The third-order valence-corrected chi connectivity index (χ3v) is 5.13. The molecule has 2 aromatic carbocycles. The molecule has 0 spiro atoms. The summed E-state index contributed by atoms with van der Waals surface area (Å²) in [7, 11) is 2.88. The minimum absolute atomic E-state index is 0.231. The maximum atomic E-state index is 13.5. The number of hydrogen-bond acceptors (Lipinski definition) is 4. The third kappa shape index (κ3) is 3.74. The molecule has 5 nitrogen and oxygen atoms in total. The first-order valence-electron chi connectivity index (χ1n) is 9.17. The van der Waals surface area contributed by atoms with Crippen LogP contribution in [0.2, 0.25) is 5.02 Å². The SMILES string of the molecule is COC(=O)c1cccc(Cn2c(-c3ccc(F)cc3)cc3cc(OC)c(Cl)cc32)n1. The van der Waals surface area contributed by atoms with Gasteiger partial charge in [0.2, 0.25) is 0 Å². The van der Waals surface area contributed by atoms with E-state index in [4.69, 9.17) is 21.1 Å². The molecule has 0 radical (unpaired) electrons. The first kappa shape index (κ1) is 19.9. The molecule has 152 valence electrons. The Bertz CT molecular complexity index is 1240. The van der Waals surface area contributed by atoms with Gasteiger partial charge >= 0.3 is 5.97 Å². The van der Waals surface area contributed by atoms with Crippen molar-refractivity contribution in [2.24, 2.45) is 0 Å². The van der Waals surface area contributed by atoms with E-state index >= 15 is 0 Å². The molecule has 0 bridgehead atoms.